The summed E-state index contributed by atoms with van der Waals surface area (Å²) in [5.41, 5.74) is -1.02. The quantitative estimate of drug-likeness (QED) is 0.508. The number of carbonyl (C=O) groups excluding carboxylic acids is 1. The lowest BCUT2D eigenvalue weighted by atomic mass is 9.91. The maximum atomic E-state index is 13.3. The van der Waals surface area contributed by atoms with Crippen LogP contribution in [0.1, 0.15) is 41.6 Å². The van der Waals surface area contributed by atoms with Crippen molar-refractivity contribution in [3.63, 3.8) is 0 Å². The summed E-state index contributed by atoms with van der Waals surface area (Å²) in [6, 6.07) is 9.62. The molecule has 0 aliphatic heterocycles. The van der Waals surface area contributed by atoms with Crippen molar-refractivity contribution in [2.75, 3.05) is 24.3 Å². The molecule has 0 radical (unpaired) electrons. The van der Waals surface area contributed by atoms with Crippen LogP contribution >= 0.6 is 0 Å². The van der Waals surface area contributed by atoms with Gasteiger partial charge in [-0.25, -0.2) is 9.37 Å². The molecule has 0 unspecified atom stereocenters. The number of hydrogen-bond donors (Lipinski definition) is 2. The number of halogens is 4. The Kier molecular flexibility index (Phi) is 6.58. The van der Waals surface area contributed by atoms with Gasteiger partial charge in [0.05, 0.1) is 16.6 Å². The molecule has 1 aliphatic carbocycles. The number of benzene rings is 2. The predicted octanol–water partition coefficient (Wildman–Crippen LogP) is 5.01. The lowest BCUT2D eigenvalue weighted by Gasteiger charge is -2.30. The Bertz CT molecular complexity index is 1190. The number of anilines is 2. The van der Waals surface area contributed by atoms with E-state index in [-0.39, 0.29) is 12.1 Å². The van der Waals surface area contributed by atoms with Gasteiger partial charge in [-0.3, -0.25) is 4.79 Å². The molecule has 10 heteroatoms. The molecule has 1 fully saturated rings. The van der Waals surface area contributed by atoms with Crippen LogP contribution in [0.15, 0.2) is 42.5 Å². The SMILES string of the molecule is CN(C)c1nc(N[C@H]2CC[C@@H](NC(=O)c3ccc(F)cc3C(F)(F)F)CC2)nc2ccccc12. The molecule has 1 heterocycles. The molecule has 0 saturated heterocycles. The van der Waals surface area contributed by atoms with Gasteiger partial charge in [-0.2, -0.15) is 18.2 Å². The molecule has 0 atom stereocenters. The number of carbonyl (C=O) groups is 1. The van der Waals surface area contributed by atoms with E-state index >= 15 is 0 Å². The third kappa shape index (κ3) is 5.21. The Hall–Kier alpha value is -3.43. The molecule has 34 heavy (non-hydrogen) atoms. The van der Waals surface area contributed by atoms with Crippen LogP contribution in [-0.2, 0) is 6.18 Å². The zero-order chi connectivity index (χ0) is 24.5. The van der Waals surface area contributed by atoms with Crippen molar-refractivity contribution in [2.45, 2.75) is 43.9 Å². The van der Waals surface area contributed by atoms with Crippen molar-refractivity contribution in [3.05, 3.63) is 59.4 Å². The van der Waals surface area contributed by atoms with Gasteiger partial charge in [-0.15, -0.1) is 0 Å². The van der Waals surface area contributed by atoms with Gasteiger partial charge in [0, 0.05) is 31.6 Å². The van der Waals surface area contributed by atoms with Gasteiger partial charge >= 0.3 is 6.18 Å². The standard InChI is InChI=1S/C24H25F4N5O/c1-33(2)21-18-5-3-4-6-20(18)31-23(32-21)30-16-10-8-15(9-11-16)29-22(34)17-12-7-14(25)13-19(17)24(26,27)28/h3-7,12-13,15-16H,8-11H2,1-2H3,(H,29,34)(H,30,31,32)/t15-,16+. The van der Waals surface area contributed by atoms with E-state index in [4.69, 9.17) is 0 Å². The molecule has 180 valence electrons. The highest BCUT2D eigenvalue weighted by Gasteiger charge is 2.36. The number of para-hydroxylation sites is 1. The number of nitrogens with zero attached hydrogens (tertiary/aromatic N) is 3. The van der Waals surface area contributed by atoms with Crippen molar-refractivity contribution >= 4 is 28.6 Å². The van der Waals surface area contributed by atoms with E-state index in [1.807, 2.05) is 43.3 Å². The summed E-state index contributed by atoms with van der Waals surface area (Å²) < 4.78 is 53.0. The number of hydrogen-bond acceptors (Lipinski definition) is 5. The number of amides is 1. The second-order valence-electron chi connectivity index (χ2n) is 8.64. The molecule has 1 saturated carbocycles. The minimum absolute atomic E-state index is 0.0703. The summed E-state index contributed by atoms with van der Waals surface area (Å²) in [5, 5.41) is 6.98. The monoisotopic (exact) mass is 475 g/mol. The second-order valence-corrected chi connectivity index (χ2v) is 8.64. The van der Waals surface area contributed by atoms with Crippen LogP contribution in [0.5, 0.6) is 0 Å². The topological polar surface area (TPSA) is 70.2 Å². The Morgan fingerprint density at radius 1 is 1.00 bits per heavy atom. The van der Waals surface area contributed by atoms with E-state index in [1.165, 1.54) is 0 Å². The Labute approximate surface area is 194 Å². The van der Waals surface area contributed by atoms with Crippen molar-refractivity contribution in [3.8, 4) is 0 Å². The van der Waals surface area contributed by atoms with Gasteiger partial charge in [-0.05, 0) is 56.0 Å². The maximum Gasteiger partial charge on any atom is 0.417 e. The fourth-order valence-electron chi connectivity index (χ4n) is 4.24. The highest BCUT2D eigenvalue weighted by atomic mass is 19.4. The first-order chi connectivity index (χ1) is 16.1. The van der Waals surface area contributed by atoms with E-state index < -0.39 is 29.0 Å². The number of nitrogens with one attached hydrogen (secondary N) is 2. The summed E-state index contributed by atoms with van der Waals surface area (Å²) >= 11 is 0. The maximum absolute atomic E-state index is 13.3. The fraction of sp³-hybridized carbons (Fsp3) is 0.375. The van der Waals surface area contributed by atoms with E-state index in [0.717, 1.165) is 28.9 Å². The number of fused-ring (bicyclic) bond motifs is 1. The van der Waals surface area contributed by atoms with E-state index in [9.17, 15) is 22.4 Å². The molecular weight excluding hydrogens is 450 g/mol. The second kappa shape index (κ2) is 9.44. The number of rotatable bonds is 5. The smallest absolute Gasteiger partial charge is 0.362 e. The van der Waals surface area contributed by atoms with Crippen LogP contribution in [-0.4, -0.2) is 42.1 Å². The predicted molar refractivity (Wildman–Crippen MR) is 122 cm³/mol. The molecule has 1 aromatic heterocycles. The number of aromatic nitrogens is 2. The van der Waals surface area contributed by atoms with E-state index in [0.29, 0.717) is 37.7 Å². The number of alkyl halides is 3. The molecule has 0 bridgehead atoms. The highest BCUT2D eigenvalue weighted by Crippen LogP contribution is 2.33. The van der Waals surface area contributed by atoms with Crippen LogP contribution in [0, 0.1) is 5.82 Å². The third-order valence-corrected chi connectivity index (χ3v) is 5.93. The molecule has 6 nitrogen and oxygen atoms in total. The molecule has 1 aliphatic rings. The Morgan fingerprint density at radius 3 is 2.35 bits per heavy atom. The van der Waals surface area contributed by atoms with Crippen LogP contribution < -0.4 is 15.5 Å². The first kappa shape index (κ1) is 23.7. The summed E-state index contributed by atoms with van der Waals surface area (Å²) in [5.74, 6) is -0.578. The molecule has 0 spiro atoms. The van der Waals surface area contributed by atoms with E-state index in [1.54, 1.807) is 0 Å². The highest BCUT2D eigenvalue weighted by molar-refractivity contribution is 5.96. The van der Waals surface area contributed by atoms with Crippen LogP contribution in [0.4, 0.5) is 29.3 Å². The molecule has 2 N–H and O–H groups in total. The normalized spacial score (nSPS) is 18.5. The molecule has 1 amide bonds. The van der Waals surface area contributed by atoms with Gasteiger partial charge in [0.25, 0.3) is 5.91 Å². The van der Waals surface area contributed by atoms with E-state index in [2.05, 4.69) is 20.6 Å². The summed E-state index contributed by atoms with van der Waals surface area (Å²) in [6.07, 6.45) is -2.27. The van der Waals surface area contributed by atoms with Crippen LogP contribution in [0.3, 0.4) is 0 Å². The van der Waals surface area contributed by atoms with Gasteiger partial charge in [0.1, 0.15) is 11.6 Å². The van der Waals surface area contributed by atoms with Crippen molar-refractivity contribution in [2.24, 2.45) is 0 Å². The molecule has 4 rings (SSSR count). The zero-order valence-corrected chi connectivity index (χ0v) is 18.8. The minimum atomic E-state index is -4.82. The molecule has 3 aromatic rings. The Balaban J connectivity index is 1.40. The van der Waals surface area contributed by atoms with Crippen molar-refractivity contribution < 1.29 is 22.4 Å². The van der Waals surface area contributed by atoms with Crippen LogP contribution in [0.25, 0.3) is 10.9 Å². The minimum Gasteiger partial charge on any atom is -0.362 e. The van der Waals surface area contributed by atoms with Crippen molar-refractivity contribution in [1.29, 1.82) is 0 Å². The summed E-state index contributed by atoms with van der Waals surface area (Å²) in [4.78, 5) is 23.7. The average molecular weight is 475 g/mol. The fourth-order valence-corrected chi connectivity index (χ4v) is 4.24. The third-order valence-electron chi connectivity index (χ3n) is 5.93. The van der Waals surface area contributed by atoms with Gasteiger partial charge < -0.3 is 15.5 Å². The first-order valence-electron chi connectivity index (χ1n) is 11.0. The average Bonchev–Trinajstić information content (AvgIpc) is 2.79. The van der Waals surface area contributed by atoms with Crippen LogP contribution in [0.2, 0.25) is 0 Å². The summed E-state index contributed by atoms with van der Waals surface area (Å²) in [7, 11) is 3.83. The summed E-state index contributed by atoms with van der Waals surface area (Å²) in [6.45, 7) is 0. The Morgan fingerprint density at radius 2 is 1.68 bits per heavy atom. The zero-order valence-electron chi connectivity index (χ0n) is 18.8. The molecule has 2 aromatic carbocycles. The van der Waals surface area contributed by atoms with Gasteiger partial charge in [0.2, 0.25) is 5.95 Å². The lowest BCUT2D eigenvalue weighted by molar-refractivity contribution is -0.138. The first-order valence-corrected chi connectivity index (χ1v) is 11.0. The van der Waals surface area contributed by atoms with Gasteiger partial charge in [-0.1, -0.05) is 12.1 Å². The van der Waals surface area contributed by atoms with Crippen molar-refractivity contribution in [1.82, 2.24) is 15.3 Å². The lowest BCUT2D eigenvalue weighted by Crippen LogP contribution is -2.40. The largest absolute Gasteiger partial charge is 0.417 e. The molecular formula is C24H25F4N5O. The van der Waals surface area contributed by atoms with Gasteiger partial charge in [0.15, 0.2) is 0 Å².